The highest BCUT2D eigenvalue weighted by Gasteiger charge is 2.64. The van der Waals surface area contributed by atoms with Gasteiger partial charge < -0.3 is 4.74 Å². The summed E-state index contributed by atoms with van der Waals surface area (Å²) in [6.07, 6.45) is 2.96. The Labute approximate surface area is 107 Å². The number of sulfone groups is 1. The fourth-order valence-electron chi connectivity index (χ4n) is 4.08. The quantitative estimate of drug-likeness (QED) is 0.563. The Bertz CT molecular complexity index is 521. The van der Waals surface area contributed by atoms with Crippen LogP contribution in [0.25, 0.3) is 0 Å². The Balaban J connectivity index is 1.77. The van der Waals surface area contributed by atoms with E-state index in [1.165, 1.54) is 0 Å². The van der Waals surface area contributed by atoms with Gasteiger partial charge in [-0.05, 0) is 43.9 Å². The molecule has 0 aromatic carbocycles. The van der Waals surface area contributed by atoms with Crippen molar-refractivity contribution in [1.82, 2.24) is 0 Å². The molecule has 1 heterocycles. The average molecular weight is 270 g/mol. The summed E-state index contributed by atoms with van der Waals surface area (Å²) in [5.41, 5.74) is 0.314. The van der Waals surface area contributed by atoms with Crippen molar-refractivity contribution in [3.63, 3.8) is 0 Å². The van der Waals surface area contributed by atoms with Gasteiger partial charge >= 0.3 is 5.97 Å². The van der Waals surface area contributed by atoms with E-state index in [1.807, 2.05) is 0 Å². The number of esters is 1. The van der Waals surface area contributed by atoms with Crippen LogP contribution in [0.4, 0.5) is 0 Å². The molecule has 0 radical (unpaired) electrons. The fourth-order valence-corrected chi connectivity index (χ4v) is 6.67. The molecule has 4 unspecified atom stereocenters. The molecule has 2 saturated carbocycles. The van der Waals surface area contributed by atoms with Crippen LogP contribution >= 0.6 is 0 Å². The molecule has 3 aliphatic rings. The SMILES string of the molecule is C=C(C)C(=O)OC1CC23CCS(=O)(=O)C2CC1C3. The van der Waals surface area contributed by atoms with Crippen molar-refractivity contribution in [2.75, 3.05) is 5.75 Å². The summed E-state index contributed by atoms with van der Waals surface area (Å²) < 4.78 is 29.3. The van der Waals surface area contributed by atoms with E-state index in [0.717, 1.165) is 19.3 Å². The van der Waals surface area contributed by atoms with Gasteiger partial charge in [0.25, 0.3) is 0 Å². The normalized spacial score (nSPS) is 43.7. The van der Waals surface area contributed by atoms with Crippen molar-refractivity contribution in [3.8, 4) is 0 Å². The maximum absolute atomic E-state index is 11.9. The van der Waals surface area contributed by atoms with E-state index >= 15 is 0 Å². The van der Waals surface area contributed by atoms with Crippen LogP contribution in [0.5, 0.6) is 0 Å². The zero-order chi connectivity index (χ0) is 13.1. The van der Waals surface area contributed by atoms with Crippen molar-refractivity contribution in [3.05, 3.63) is 12.2 Å². The van der Waals surface area contributed by atoms with Gasteiger partial charge in [-0.3, -0.25) is 0 Å². The lowest BCUT2D eigenvalue weighted by Crippen LogP contribution is -2.36. The second-order valence-corrected chi connectivity index (χ2v) is 8.40. The summed E-state index contributed by atoms with van der Waals surface area (Å²) in [6, 6.07) is 0. The molecular formula is C13H18O4S. The minimum Gasteiger partial charge on any atom is -0.459 e. The third-order valence-electron chi connectivity index (χ3n) is 4.93. The highest BCUT2D eigenvalue weighted by atomic mass is 32.2. The Hall–Kier alpha value is -0.840. The van der Waals surface area contributed by atoms with Gasteiger partial charge in [0.05, 0.1) is 11.0 Å². The van der Waals surface area contributed by atoms with Crippen LogP contribution in [-0.4, -0.2) is 31.5 Å². The van der Waals surface area contributed by atoms with Gasteiger partial charge in [0.15, 0.2) is 9.84 Å². The molecule has 1 aliphatic heterocycles. The third kappa shape index (κ3) is 1.56. The highest BCUT2D eigenvalue weighted by Crippen LogP contribution is 2.62. The second-order valence-electron chi connectivity index (χ2n) is 6.10. The number of fused-ring (bicyclic) bond motifs is 1. The fraction of sp³-hybridized carbons (Fsp3) is 0.769. The Morgan fingerprint density at radius 1 is 1.39 bits per heavy atom. The maximum Gasteiger partial charge on any atom is 0.333 e. The lowest BCUT2D eigenvalue weighted by atomic mass is 9.81. The molecule has 100 valence electrons. The topological polar surface area (TPSA) is 60.4 Å². The first-order valence-electron chi connectivity index (χ1n) is 6.42. The highest BCUT2D eigenvalue weighted by molar-refractivity contribution is 7.92. The third-order valence-corrected chi connectivity index (χ3v) is 7.26. The van der Waals surface area contributed by atoms with E-state index in [0.29, 0.717) is 17.7 Å². The lowest BCUT2D eigenvalue weighted by molar-refractivity contribution is -0.146. The van der Waals surface area contributed by atoms with E-state index in [-0.39, 0.29) is 28.7 Å². The zero-order valence-electron chi connectivity index (χ0n) is 10.5. The molecule has 0 aromatic rings. The van der Waals surface area contributed by atoms with Gasteiger partial charge in [0.1, 0.15) is 6.10 Å². The predicted molar refractivity (Wildman–Crippen MR) is 66.7 cm³/mol. The van der Waals surface area contributed by atoms with Gasteiger partial charge in [-0.2, -0.15) is 0 Å². The summed E-state index contributed by atoms with van der Waals surface area (Å²) in [5, 5.41) is -0.171. The molecule has 0 amide bonds. The van der Waals surface area contributed by atoms with Crippen LogP contribution in [0, 0.1) is 11.3 Å². The predicted octanol–water partition coefficient (Wildman–Crippen LogP) is 1.46. The minimum atomic E-state index is -2.89. The summed E-state index contributed by atoms with van der Waals surface area (Å²) >= 11 is 0. The molecular weight excluding hydrogens is 252 g/mol. The maximum atomic E-state index is 11.9. The molecule has 0 N–H and O–H groups in total. The molecule has 3 fully saturated rings. The van der Waals surface area contributed by atoms with Crippen molar-refractivity contribution < 1.29 is 17.9 Å². The summed E-state index contributed by atoms with van der Waals surface area (Å²) in [7, 11) is -2.89. The standard InChI is InChI=1S/C13H18O4S/c1-8(2)12(14)17-10-7-13-3-4-18(15,16)11(13)5-9(10)6-13/h9-11H,1,3-7H2,2H3. The van der Waals surface area contributed by atoms with Gasteiger partial charge in [-0.25, -0.2) is 13.2 Å². The average Bonchev–Trinajstić information content (AvgIpc) is 2.88. The number of hydrogen-bond acceptors (Lipinski definition) is 4. The van der Waals surface area contributed by atoms with Gasteiger partial charge in [0, 0.05) is 5.57 Å². The molecule has 18 heavy (non-hydrogen) atoms. The van der Waals surface area contributed by atoms with E-state index in [1.54, 1.807) is 6.92 Å². The Morgan fingerprint density at radius 3 is 2.78 bits per heavy atom. The monoisotopic (exact) mass is 270 g/mol. The first kappa shape index (κ1) is 12.2. The second kappa shape index (κ2) is 3.59. The van der Waals surface area contributed by atoms with E-state index in [4.69, 9.17) is 4.74 Å². The van der Waals surface area contributed by atoms with E-state index in [2.05, 4.69) is 6.58 Å². The molecule has 3 rings (SSSR count). The molecule has 0 aromatic heterocycles. The van der Waals surface area contributed by atoms with Crippen LogP contribution in [0.2, 0.25) is 0 Å². The number of ether oxygens (including phenoxy) is 1. The Kier molecular flexibility index (Phi) is 2.44. The summed E-state index contributed by atoms with van der Waals surface area (Å²) in [6.45, 7) is 5.21. The van der Waals surface area contributed by atoms with Crippen LogP contribution in [0.3, 0.4) is 0 Å². The molecule has 2 bridgehead atoms. The van der Waals surface area contributed by atoms with Crippen LogP contribution in [0.15, 0.2) is 12.2 Å². The largest absolute Gasteiger partial charge is 0.459 e. The smallest absolute Gasteiger partial charge is 0.333 e. The van der Waals surface area contributed by atoms with Crippen LogP contribution in [-0.2, 0) is 19.4 Å². The summed E-state index contributed by atoms with van der Waals surface area (Å²) in [4.78, 5) is 11.6. The lowest BCUT2D eigenvalue weighted by Gasteiger charge is -2.30. The minimum absolute atomic E-state index is 0.0937. The van der Waals surface area contributed by atoms with Crippen LogP contribution < -0.4 is 0 Å². The van der Waals surface area contributed by atoms with Crippen molar-refractivity contribution in [1.29, 1.82) is 0 Å². The van der Waals surface area contributed by atoms with E-state index in [9.17, 15) is 13.2 Å². The number of hydrogen-bond donors (Lipinski definition) is 0. The number of carbonyl (C=O) groups excluding carboxylic acids is 1. The van der Waals surface area contributed by atoms with Crippen molar-refractivity contribution in [2.45, 2.75) is 44.0 Å². The molecule has 4 atom stereocenters. The first-order chi connectivity index (χ1) is 8.34. The summed E-state index contributed by atoms with van der Waals surface area (Å²) in [5.74, 6) is 0.195. The number of carbonyl (C=O) groups is 1. The van der Waals surface area contributed by atoms with E-state index < -0.39 is 9.84 Å². The first-order valence-corrected chi connectivity index (χ1v) is 8.14. The van der Waals surface area contributed by atoms with Crippen molar-refractivity contribution in [2.24, 2.45) is 11.3 Å². The zero-order valence-corrected chi connectivity index (χ0v) is 11.3. The molecule has 4 nitrogen and oxygen atoms in total. The van der Waals surface area contributed by atoms with Gasteiger partial charge in [-0.1, -0.05) is 6.58 Å². The Morgan fingerprint density at radius 2 is 2.11 bits per heavy atom. The molecule has 5 heteroatoms. The molecule has 1 spiro atoms. The van der Waals surface area contributed by atoms with Gasteiger partial charge in [-0.15, -0.1) is 0 Å². The molecule has 1 saturated heterocycles. The number of rotatable bonds is 2. The van der Waals surface area contributed by atoms with Crippen LogP contribution in [0.1, 0.15) is 32.6 Å². The molecule has 2 aliphatic carbocycles. The van der Waals surface area contributed by atoms with Crippen molar-refractivity contribution >= 4 is 15.8 Å². The van der Waals surface area contributed by atoms with Gasteiger partial charge in [0.2, 0.25) is 0 Å².